The lowest BCUT2D eigenvalue weighted by atomic mass is 9.72. The Kier molecular flexibility index (Phi) is 5.04. The van der Waals surface area contributed by atoms with E-state index in [4.69, 9.17) is 21.0 Å². The van der Waals surface area contributed by atoms with Gasteiger partial charge in [-0.25, -0.2) is 9.97 Å². The van der Waals surface area contributed by atoms with Crippen molar-refractivity contribution >= 4 is 50.4 Å². The molecule has 0 bridgehead atoms. The summed E-state index contributed by atoms with van der Waals surface area (Å²) in [6.45, 7) is 7.01. The first-order chi connectivity index (χ1) is 22.5. The van der Waals surface area contributed by atoms with Crippen LogP contribution in [0.3, 0.4) is 0 Å². The minimum absolute atomic E-state index is 0.00299. The third-order valence-corrected chi connectivity index (χ3v) is 10.7. The van der Waals surface area contributed by atoms with E-state index in [9.17, 15) is 0 Å². The van der Waals surface area contributed by atoms with E-state index in [0.717, 1.165) is 67.2 Å². The molecule has 4 unspecified atom stereocenters. The molecule has 6 aromatic rings. The molecule has 4 aliphatic rings. The normalized spacial score (nSPS) is 22.5. The van der Waals surface area contributed by atoms with E-state index in [1.165, 1.54) is 11.3 Å². The maximum absolute atomic E-state index is 6.67. The zero-order valence-electron chi connectivity index (χ0n) is 25.9. The second-order valence-corrected chi connectivity index (χ2v) is 13.0. The van der Waals surface area contributed by atoms with Crippen molar-refractivity contribution in [1.29, 1.82) is 0 Å². The maximum Gasteiger partial charge on any atom is 0.162 e. The van der Waals surface area contributed by atoms with E-state index >= 15 is 0 Å². The summed E-state index contributed by atoms with van der Waals surface area (Å²) in [7, 11) is 4.38. The number of benzene rings is 4. The molecule has 10 rings (SSSR count). The van der Waals surface area contributed by atoms with Crippen LogP contribution in [-0.4, -0.2) is 41.3 Å². The van der Waals surface area contributed by atoms with E-state index < -0.39 is 0 Å². The Bertz CT molecular complexity index is 2300. The Morgan fingerprint density at radius 3 is 2.48 bits per heavy atom. The number of furan rings is 1. The molecule has 0 fully saturated rings. The standard InChI is InChI=1S/C39H32N6O/c1-22-11-5-6-12-24(22)36-40-21-30-37(41-36)45-29-15-9-7-14-28(29)32-23(2)25-17-18-27-26-13-8-10-16-31(26)46-35(27)34(25)44-20-19-42(3)38(44)33(32)39(45)43(30)4/h5-21,32-33,38-39H,2H2,1,3-4H3. The smallest absolute Gasteiger partial charge is 0.162 e. The van der Waals surface area contributed by atoms with Crippen LogP contribution >= 0.6 is 0 Å². The summed E-state index contributed by atoms with van der Waals surface area (Å²) in [6, 6.07) is 30.0. The minimum Gasteiger partial charge on any atom is -0.454 e. The van der Waals surface area contributed by atoms with E-state index in [0.29, 0.717) is 0 Å². The minimum atomic E-state index is -0.0246. The number of fused-ring (bicyclic) bond motifs is 16. The fourth-order valence-corrected chi connectivity index (χ4v) is 8.64. The van der Waals surface area contributed by atoms with E-state index in [1.807, 2.05) is 12.3 Å². The Morgan fingerprint density at radius 2 is 1.59 bits per heavy atom. The summed E-state index contributed by atoms with van der Waals surface area (Å²) in [5.41, 5.74) is 10.8. The molecular formula is C39H32N6O. The van der Waals surface area contributed by atoms with Crippen molar-refractivity contribution in [2.45, 2.75) is 25.2 Å². The predicted molar refractivity (Wildman–Crippen MR) is 185 cm³/mol. The van der Waals surface area contributed by atoms with Crippen LogP contribution in [0.15, 0.2) is 115 Å². The van der Waals surface area contributed by atoms with Gasteiger partial charge in [-0.2, -0.15) is 0 Å². The van der Waals surface area contributed by atoms with Gasteiger partial charge in [0.1, 0.15) is 23.6 Å². The SMILES string of the molecule is C=C1c2ccc3c(oc4ccccc43)c2N2C=CN(C)C2C2C1c1ccccc1N1c3nc(-c4ccccc4C)ncc3N(C)C21. The molecule has 2 aromatic heterocycles. The molecule has 46 heavy (non-hydrogen) atoms. The van der Waals surface area contributed by atoms with E-state index in [-0.39, 0.29) is 24.2 Å². The summed E-state index contributed by atoms with van der Waals surface area (Å²) < 4.78 is 6.67. The summed E-state index contributed by atoms with van der Waals surface area (Å²) >= 11 is 0. The highest BCUT2D eigenvalue weighted by Gasteiger charge is 2.56. The van der Waals surface area contributed by atoms with Gasteiger partial charge in [0.05, 0.1) is 11.9 Å². The number of aryl methyl sites for hydroxylation is 1. The van der Waals surface area contributed by atoms with Crippen LogP contribution < -0.4 is 14.7 Å². The highest BCUT2D eigenvalue weighted by atomic mass is 16.3. The molecule has 0 spiro atoms. The third-order valence-electron chi connectivity index (χ3n) is 10.7. The molecule has 4 aliphatic heterocycles. The maximum atomic E-state index is 6.67. The monoisotopic (exact) mass is 600 g/mol. The highest BCUT2D eigenvalue weighted by molar-refractivity contribution is 6.11. The van der Waals surface area contributed by atoms with Gasteiger partial charge >= 0.3 is 0 Å². The number of rotatable bonds is 1. The fourth-order valence-electron chi connectivity index (χ4n) is 8.64. The van der Waals surface area contributed by atoms with Gasteiger partial charge in [0.15, 0.2) is 17.2 Å². The van der Waals surface area contributed by atoms with Crippen molar-refractivity contribution in [3.63, 3.8) is 0 Å². The molecule has 224 valence electrons. The van der Waals surface area contributed by atoms with Crippen molar-refractivity contribution in [3.8, 4) is 11.4 Å². The first kappa shape index (κ1) is 25.7. The van der Waals surface area contributed by atoms with Crippen molar-refractivity contribution in [2.75, 3.05) is 28.8 Å². The first-order valence-corrected chi connectivity index (χ1v) is 15.9. The second kappa shape index (κ2) is 9.01. The van der Waals surface area contributed by atoms with Crippen LogP contribution in [0.1, 0.15) is 22.6 Å². The van der Waals surface area contributed by atoms with Crippen LogP contribution in [0.4, 0.5) is 22.9 Å². The van der Waals surface area contributed by atoms with Gasteiger partial charge in [-0.15, -0.1) is 0 Å². The van der Waals surface area contributed by atoms with Crippen molar-refractivity contribution in [3.05, 3.63) is 127 Å². The average Bonchev–Trinajstić information content (AvgIpc) is 3.72. The number of aromatic nitrogens is 2. The molecule has 7 heteroatoms. The molecule has 6 heterocycles. The first-order valence-electron chi connectivity index (χ1n) is 15.9. The molecule has 4 aromatic carbocycles. The lowest BCUT2D eigenvalue weighted by Gasteiger charge is -2.50. The molecule has 7 nitrogen and oxygen atoms in total. The molecule has 0 aliphatic carbocycles. The van der Waals surface area contributed by atoms with Crippen molar-refractivity contribution in [1.82, 2.24) is 14.9 Å². The molecular weight excluding hydrogens is 568 g/mol. The second-order valence-electron chi connectivity index (χ2n) is 13.0. The molecule has 0 N–H and O–H groups in total. The Hall–Kier alpha value is -5.56. The summed E-state index contributed by atoms with van der Waals surface area (Å²) in [4.78, 5) is 19.8. The number of para-hydroxylation sites is 2. The van der Waals surface area contributed by atoms with Gasteiger partial charge in [-0.1, -0.05) is 73.3 Å². The summed E-state index contributed by atoms with van der Waals surface area (Å²) in [5, 5.41) is 2.26. The van der Waals surface area contributed by atoms with Crippen LogP contribution in [0.2, 0.25) is 0 Å². The van der Waals surface area contributed by atoms with Gasteiger partial charge < -0.3 is 24.0 Å². The molecule has 0 amide bonds. The van der Waals surface area contributed by atoms with Gasteiger partial charge in [0.25, 0.3) is 0 Å². The third kappa shape index (κ3) is 3.17. The lowest BCUT2D eigenvalue weighted by Crippen LogP contribution is -2.58. The highest BCUT2D eigenvalue weighted by Crippen LogP contribution is 2.60. The van der Waals surface area contributed by atoms with Crippen LogP contribution in [0, 0.1) is 12.8 Å². The zero-order valence-corrected chi connectivity index (χ0v) is 25.9. The Morgan fingerprint density at radius 1 is 0.783 bits per heavy atom. The van der Waals surface area contributed by atoms with Gasteiger partial charge in [0, 0.05) is 65.9 Å². The largest absolute Gasteiger partial charge is 0.454 e. The number of anilines is 4. The van der Waals surface area contributed by atoms with Crippen molar-refractivity contribution in [2.24, 2.45) is 5.92 Å². The van der Waals surface area contributed by atoms with Gasteiger partial charge in [0.2, 0.25) is 0 Å². The lowest BCUT2D eigenvalue weighted by molar-refractivity contribution is 0.208. The Balaban J connectivity index is 1.22. The molecule has 0 saturated heterocycles. The summed E-state index contributed by atoms with van der Waals surface area (Å²) in [6.07, 6.45) is 6.40. The summed E-state index contributed by atoms with van der Waals surface area (Å²) in [5.74, 6) is 1.84. The van der Waals surface area contributed by atoms with Gasteiger partial charge in [-0.05, 0) is 41.8 Å². The number of allylic oxidation sites excluding steroid dienone is 1. The molecule has 4 atom stereocenters. The number of hydrogen-bond donors (Lipinski definition) is 0. The van der Waals surface area contributed by atoms with E-state index in [2.05, 4.69) is 132 Å². The fraction of sp³-hybridized carbons (Fsp3) is 0.179. The Labute approximate surface area is 267 Å². The van der Waals surface area contributed by atoms with Gasteiger partial charge in [-0.3, -0.25) is 0 Å². The quantitative estimate of drug-likeness (QED) is 0.188. The van der Waals surface area contributed by atoms with Crippen LogP contribution in [0.25, 0.3) is 38.9 Å². The molecule has 0 saturated carbocycles. The zero-order chi connectivity index (χ0) is 30.8. The number of hydrogen-bond acceptors (Lipinski definition) is 7. The van der Waals surface area contributed by atoms with Crippen molar-refractivity contribution < 1.29 is 4.42 Å². The van der Waals surface area contributed by atoms with Crippen LogP contribution in [-0.2, 0) is 0 Å². The van der Waals surface area contributed by atoms with E-state index in [1.54, 1.807) is 0 Å². The topological polar surface area (TPSA) is 51.9 Å². The molecule has 0 radical (unpaired) electrons. The average molecular weight is 601 g/mol. The number of nitrogens with zero attached hydrogens (tertiary/aromatic N) is 6. The van der Waals surface area contributed by atoms with Crippen LogP contribution in [0.5, 0.6) is 0 Å². The predicted octanol–water partition coefficient (Wildman–Crippen LogP) is 8.25.